The molecule has 1 aromatic rings. The molecule has 1 aromatic carbocycles. The van der Waals surface area contributed by atoms with Crippen molar-refractivity contribution in [3.8, 4) is 0 Å². The topological polar surface area (TPSA) is 75.4 Å². The number of likely N-dealkylation sites (tertiary alicyclic amines) is 1. The summed E-state index contributed by atoms with van der Waals surface area (Å²) < 4.78 is 0. The van der Waals surface area contributed by atoms with Crippen LogP contribution in [0.15, 0.2) is 24.3 Å². The van der Waals surface area contributed by atoms with Crippen LogP contribution < -0.4 is 11.1 Å². The summed E-state index contributed by atoms with van der Waals surface area (Å²) in [5.41, 5.74) is 6.85. The van der Waals surface area contributed by atoms with Crippen molar-refractivity contribution in [2.45, 2.75) is 25.8 Å². The van der Waals surface area contributed by atoms with Crippen LogP contribution in [-0.2, 0) is 4.79 Å². The van der Waals surface area contributed by atoms with E-state index < -0.39 is 0 Å². The second-order valence-corrected chi connectivity index (χ2v) is 4.88. The SMILES string of the molecule is CC(=O)NC1CCCN(C(=O)c2ccccc2N)C1.Cl. The van der Waals surface area contributed by atoms with Crippen LogP contribution in [-0.4, -0.2) is 35.8 Å². The molecule has 1 heterocycles. The van der Waals surface area contributed by atoms with Gasteiger partial charge in [0, 0.05) is 31.7 Å². The minimum absolute atomic E-state index is 0. The van der Waals surface area contributed by atoms with Crippen LogP contribution in [0.3, 0.4) is 0 Å². The maximum atomic E-state index is 12.4. The Labute approximate surface area is 124 Å². The predicted octanol–water partition coefficient (Wildman–Crippen LogP) is 1.43. The summed E-state index contributed by atoms with van der Waals surface area (Å²) >= 11 is 0. The van der Waals surface area contributed by atoms with Crippen molar-refractivity contribution in [1.29, 1.82) is 0 Å². The standard InChI is InChI=1S/C14H19N3O2.ClH/c1-10(18)16-11-5-4-8-17(9-11)14(19)12-6-2-3-7-13(12)15;/h2-3,6-7,11H,4-5,8-9,15H2,1H3,(H,16,18);1H. The minimum Gasteiger partial charge on any atom is -0.398 e. The number of carbonyl (C=O) groups excluding carboxylic acids is 2. The minimum atomic E-state index is -0.0619. The van der Waals surface area contributed by atoms with E-state index in [1.54, 1.807) is 23.1 Å². The molecule has 0 bridgehead atoms. The van der Waals surface area contributed by atoms with E-state index in [1.165, 1.54) is 6.92 Å². The number of halogens is 1. The van der Waals surface area contributed by atoms with E-state index in [9.17, 15) is 9.59 Å². The van der Waals surface area contributed by atoms with Gasteiger partial charge in [-0.15, -0.1) is 12.4 Å². The lowest BCUT2D eigenvalue weighted by molar-refractivity contribution is -0.120. The van der Waals surface area contributed by atoms with E-state index in [4.69, 9.17) is 5.73 Å². The molecule has 0 aliphatic carbocycles. The number of amides is 2. The molecule has 1 saturated heterocycles. The van der Waals surface area contributed by atoms with Crippen LogP contribution in [0.1, 0.15) is 30.1 Å². The molecule has 2 rings (SSSR count). The van der Waals surface area contributed by atoms with Crippen molar-refractivity contribution < 1.29 is 9.59 Å². The number of nitrogen functional groups attached to an aromatic ring is 1. The van der Waals surface area contributed by atoms with Gasteiger partial charge in [-0.2, -0.15) is 0 Å². The van der Waals surface area contributed by atoms with Gasteiger partial charge < -0.3 is 16.0 Å². The van der Waals surface area contributed by atoms with Gasteiger partial charge in [-0.3, -0.25) is 9.59 Å². The Hall–Kier alpha value is -1.75. The largest absolute Gasteiger partial charge is 0.398 e. The van der Waals surface area contributed by atoms with Crippen molar-refractivity contribution in [3.63, 3.8) is 0 Å². The third-order valence-corrected chi connectivity index (χ3v) is 3.31. The van der Waals surface area contributed by atoms with E-state index in [2.05, 4.69) is 5.32 Å². The zero-order valence-electron chi connectivity index (χ0n) is 11.5. The summed E-state index contributed by atoms with van der Waals surface area (Å²) in [4.78, 5) is 25.2. The molecule has 0 saturated carbocycles. The molecule has 110 valence electrons. The number of carbonyl (C=O) groups is 2. The summed E-state index contributed by atoms with van der Waals surface area (Å²) in [7, 11) is 0. The van der Waals surface area contributed by atoms with Gasteiger partial charge in [0.2, 0.25) is 5.91 Å². The normalized spacial score (nSPS) is 18.1. The van der Waals surface area contributed by atoms with Crippen molar-refractivity contribution >= 4 is 29.9 Å². The molecule has 3 N–H and O–H groups in total. The van der Waals surface area contributed by atoms with Crippen LogP contribution in [0.2, 0.25) is 0 Å². The average molecular weight is 298 g/mol. The Morgan fingerprint density at radius 3 is 2.70 bits per heavy atom. The number of benzene rings is 1. The second-order valence-electron chi connectivity index (χ2n) is 4.88. The van der Waals surface area contributed by atoms with Gasteiger partial charge in [-0.05, 0) is 25.0 Å². The highest BCUT2D eigenvalue weighted by Gasteiger charge is 2.25. The number of anilines is 1. The van der Waals surface area contributed by atoms with E-state index in [0.717, 1.165) is 12.8 Å². The van der Waals surface area contributed by atoms with Crippen LogP contribution >= 0.6 is 12.4 Å². The zero-order valence-corrected chi connectivity index (χ0v) is 12.3. The molecule has 6 heteroatoms. The highest BCUT2D eigenvalue weighted by molar-refractivity contribution is 5.99. The lowest BCUT2D eigenvalue weighted by atomic mass is 10.0. The van der Waals surface area contributed by atoms with Crippen molar-refractivity contribution in [2.75, 3.05) is 18.8 Å². The number of rotatable bonds is 2. The fourth-order valence-corrected chi connectivity index (χ4v) is 2.43. The molecule has 5 nitrogen and oxygen atoms in total. The van der Waals surface area contributed by atoms with E-state index >= 15 is 0 Å². The van der Waals surface area contributed by atoms with Crippen LogP contribution in [0, 0.1) is 0 Å². The van der Waals surface area contributed by atoms with E-state index in [1.807, 2.05) is 6.07 Å². The van der Waals surface area contributed by atoms with Crippen molar-refractivity contribution in [2.24, 2.45) is 0 Å². The fraction of sp³-hybridized carbons (Fsp3) is 0.429. The Bertz CT molecular complexity index is 493. The highest BCUT2D eigenvalue weighted by Crippen LogP contribution is 2.17. The van der Waals surface area contributed by atoms with Gasteiger partial charge in [0.25, 0.3) is 5.91 Å². The first-order chi connectivity index (χ1) is 9.08. The maximum absolute atomic E-state index is 12.4. The van der Waals surface area contributed by atoms with Gasteiger partial charge in [-0.1, -0.05) is 12.1 Å². The van der Waals surface area contributed by atoms with Crippen molar-refractivity contribution in [1.82, 2.24) is 10.2 Å². The molecule has 0 spiro atoms. The molecule has 0 radical (unpaired) electrons. The molecular formula is C14H20ClN3O2. The number of hydrogen-bond donors (Lipinski definition) is 2. The summed E-state index contributed by atoms with van der Waals surface area (Å²) in [5.74, 6) is -0.119. The first-order valence-corrected chi connectivity index (χ1v) is 6.49. The van der Waals surface area contributed by atoms with E-state index in [0.29, 0.717) is 24.3 Å². The van der Waals surface area contributed by atoms with Gasteiger partial charge in [0.1, 0.15) is 0 Å². The molecular weight excluding hydrogens is 278 g/mol. The number of nitrogens with zero attached hydrogens (tertiary/aromatic N) is 1. The number of para-hydroxylation sites is 1. The lowest BCUT2D eigenvalue weighted by Gasteiger charge is -2.33. The molecule has 1 fully saturated rings. The average Bonchev–Trinajstić information content (AvgIpc) is 2.38. The molecule has 2 amide bonds. The Morgan fingerprint density at radius 2 is 2.05 bits per heavy atom. The third kappa shape index (κ3) is 3.87. The second kappa shape index (κ2) is 7.14. The van der Waals surface area contributed by atoms with Gasteiger partial charge in [-0.25, -0.2) is 0 Å². The Balaban J connectivity index is 0.00000200. The maximum Gasteiger partial charge on any atom is 0.256 e. The van der Waals surface area contributed by atoms with Crippen LogP contribution in [0.5, 0.6) is 0 Å². The van der Waals surface area contributed by atoms with Crippen LogP contribution in [0.4, 0.5) is 5.69 Å². The molecule has 1 aliphatic rings. The Kier molecular flexibility index (Phi) is 5.82. The molecule has 1 unspecified atom stereocenters. The first-order valence-electron chi connectivity index (χ1n) is 6.49. The smallest absolute Gasteiger partial charge is 0.256 e. The fourth-order valence-electron chi connectivity index (χ4n) is 2.43. The summed E-state index contributed by atoms with van der Waals surface area (Å²) in [6.45, 7) is 2.76. The molecule has 0 aromatic heterocycles. The van der Waals surface area contributed by atoms with E-state index in [-0.39, 0.29) is 30.3 Å². The summed E-state index contributed by atoms with van der Waals surface area (Å²) in [6.07, 6.45) is 1.80. The first kappa shape index (κ1) is 16.3. The van der Waals surface area contributed by atoms with Gasteiger partial charge in [0.15, 0.2) is 0 Å². The monoisotopic (exact) mass is 297 g/mol. The predicted molar refractivity (Wildman–Crippen MR) is 80.8 cm³/mol. The summed E-state index contributed by atoms with van der Waals surface area (Å²) in [6, 6.07) is 7.11. The quantitative estimate of drug-likeness (QED) is 0.811. The number of piperidine rings is 1. The summed E-state index contributed by atoms with van der Waals surface area (Å²) in [5, 5.41) is 2.87. The highest BCUT2D eigenvalue weighted by atomic mass is 35.5. The van der Waals surface area contributed by atoms with Gasteiger partial charge in [0.05, 0.1) is 5.56 Å². The number of nitrogens with one attached hydrogen (secondary N) is 1. The lowest BCUT2D eigenvalue weighted by Crippen LogP contribution is -2.49. The number of nitrogens with two attached hydrogens (primary N) is 1. The molecule has 1 atom stereocenters. The molecule has 20 heavy (non-hydrogen) atoms. The third-order valence-electron chi connectivity index (χ3n) is 3.31. The zero-order chi connectivity index (χ0) is 13.8. The van der Waals surface area contributed by atoms with Crippen molar-refractivity contribution in [3.05, 3.63) is 29.8 Å². The van der Waals surface area contributed by atoms with Gasteiger partial charge >= 0.3 is 0 Å². The molecule has 1 aliphatic heterocycles. The van der Waals surface area contributed by atoms with Crippen LogP contribution in [0.25, 0.3) is 0 Å². The number of hydrogen-bond acceptors (Lipinski definition) is 3. The Morgan fingerprint density at radius 1 is 1.35 bits per heavy atom.